The molecule has 1 aliphatic heterocycles. The van der Waals surface area contributed by atoms with Crippen LogP contribution in [0.4, 0.5) is 5.13 Å². The lowest BCUT2D eigenvalue weighted by molar-refractivity contribution is -0.128. The Labute approximate surface area is 179 Å². The van der Waals surface area contributed by atoms with E-state index in [1.54, 1.807) is 12.0 Å². The SMILES string of the molecule is COc1ccc(-c2csc(NC(=O)[C@@H]3CC(=O)N(CCc4ccccc4)C3)n2)cc1. The van der Waals surface area contributed by atoms with Gasteiger partial charge in [0, 0.05) is 30.5 Å². The van der Waals surface area contributed by atoms with Gasteiger partial charge >= 0.3 is 0 Å². The molecule has 0 aliphatic carbocycles. The number of likely N-dealkylation sites (tertiary alicyclic amines) is 1. The molecule has 0 saturated carbocycles. The number of nitrogens with one attached hydrogen (secondary N) is 1. The van der Waals surface area contributed by atoms with Crippen molar-refractivity contribution in [2.45, 2.75) is 12.8 Å². The predicted molar refractivity (Wildman–Crippen MR) is 118 cm³/mol. The molecule has 2 heterocycles. The first-order valence-electron chi connectivity index (χ1n) is 9.85. The van der Waals surface area contributed by atoms with Crippen LogP contribution in [0.1, 0.15) is 12.0 Å². The Balaban J connectivity index is 1.33. The largest absolute Gasteiger partial charge is 0.497 e. The summed E-state index contributed by atoms with van der Waals surface area (Å²) in [5.74, 6) is 0.317. The molecule has 2 aromatic carbocycles. The Morgan fingerprint density at radius 3 is 2.70 bits per heavy atom. The monoisotopic (exact) mass is 421 g/mol. The van der Waals surface area contributed by atoms with Crippen molar-refractivity contribution in [3.63, 3.8) is 0 Å². The quantitative estimate of drug-likeness (QED) is 0.629. The molecule has 6 nitrogen and oxygen atoms in total. The van der Waals surface area contributed by atoms with Crippen molar-refractivity contribution in [3.8, 4) is 17.0 Å². The number of hydrogen-bond donors (Lipinski definition) is 1. The fourth-order valence-corrected chi connectivity index (χ4v) is 4.23. The summed E-state index contributed by atoms with van der Waals surface area (Å²) in [5.41, 5.74) is 2.94. The molecule has 1 aliphatic rings. The number of rotatable bonds is 7. The van der Waals surface area contributed by atoms with Crippen LogP contribution in [0.25, 0.3) is 11.3 Å². The molecule has 2 amide bonds. The lowest BCUT2D eigenvalue weighted by Crippen LogP contribution is -2.30. The maximum Gasteiger partial charge on any atom is 0.231 e. The van der Waals surface area contributed by atoms with Crippen molar-refractivity contribution in [1.82, 2.24) is 9.88 Å². The fraction of sp³-hybridized carbons (Fsp3) is 0.261. The molecule has 30 heavy (non-hydrogen) atoms. The molecule has 1 saturated heterocycles. The van der Waals surface area contributed by atoms with E-state index in [1.807, 2.05) is 60.0 Å². The first-order valence-corrected chi connectivity index (χ1v) is 10.7. The van der Waals surface area contributed by atoms with E-state index >= 15 is 0 Å². The highest BCUT2D eigenvalue weighted by Crippen LogP contribution is 2.27. The molecule has 154 valence electrons. The summed E-state index contributed by atoms with van der Waals surface area (Å²) in [5, 5.41) is 5.33. The Kier molecular flexibility index (Phi) is 6.09. The second-order valence-corrected chi connectivity index (χ2v) is 8.09. The van der Waals surface area contributed by atoms with Crippen molar-refractivity contribution >= 4 is 28.3 Å². The fourth-order valence-electron chi connectivity index (χ4n) is 3.51. The van der Waals surface area contributed by atoms with Crippen molar-refractivity contribution < 1.29 is 14.3 Å². The number of aromatic nitrogens is 1. The van der Waals surface area contributed by atoms with Gasteiger partial charge in [-0.25, -0.2) is 4.98 Å². The molecule has 1 fully saturated rings. The van der Waals surface area contributed by atoms with Crippen LogP contribution >= 0.6 is 11.3 Å². The number of amides is 2. The zero-order valence-electron chi connectivity index (χ0n) is 16.7. The number of thiazole rings is 1. The highest BCUT2D eigenvalue weighted by molar-refractivity contribution is 7.14. The number of ether oxygens (including phenoxy) is 1. The lowest BCUT2D eigenvalue weighted by atomic mass is 10.1. The summed E-state index contributed by atoms with van der Waals surface area (Å²) in [7, 11) is 1.63. The van der Waals surface area contributed by atoms with Crippen LogP contribution in [-0.4, -0.2) is 41.9 Å². The minimum Gasteiger partial charge on any atom is -0.497 e. The smallest absolute Gasteiger partial charge is 0.231 e. The van der Waals surface area contributed by atoms with Gasteiger partial charge in [0.05, 0.1) is 18.7 Å². The molecule has 4 rings (SSSR count). The third kappa shape index (κ3) is 4.68. The maximum atomic E-state index is 12.7. The van der Waals surface area contributed by atoms with Gasteiger partial charge in [0.15, 0.2) is 5.13 Å². The molecule has 0 spiro atoms. The highest BCUT2D eigenvalue weighted by atomic mass is 32.1. The highest BCUT2D eigenvalue weighted by Gasteiger charge is 2.34. The number of methoxy groups -OCH3 is 1. The third-order valence-electron chi connectivity index (χ3n) is 5.22. The summed E-state index contributed by atoms with van der Waals surface area (Å²) in [6, 6.07) is 17.7. The summed E-state index contributed by atoms with van der Waals surface area (Å²) in [6.45, 7) is 1.08. The van der Waals surface area contributed by atoms with Crippen molar-refractivity contribution in [1.29, 1.82) is 0 Å². The molecule has 0 bridgehead atoms. The Morgan fingerprint density at radius 2 is 1.97 bits per heavy atom. The average molecular weight is 422 g/mol. The van der Waals surface area contributed by atoms with Gasteiger partial charge in [0.2, 0.25) is 11.8 Å². The normalized spacial score (nSPS) is 16.0. The van der Waals surface area contributed by atoms with Gasteiger partial charge in [0.1, 0.15) is 5.75 Å². The van der Waals surface area contributed by atoms with Crippen LogP contribution in [0.3, 0.4) is 0 Å². The van der Waals surface area contributed by atoms with E-state index in [-0.39, 0.29) is 24.2 Å². The van der Waals surface area contributed by atoms with Crippen LogP contribution in [0.5, 0.6) is 5.75 Å². The Bertz CT molecular complexity index is 1020. The van der Waals surface area contributed by atoms with E-state index in [0.717, 1.165) is 23.4 Å². The summed E-state index contributed by atoms with van der Waals surface area (Å²) in [4.78, 5) is 31.3. The van der Waals surface area contributed by atoms with Crippen LogP contribution in [0.15, 0.2) is 60.0 Å². The summed E-state index contributed by atoms with van der Waals surface area (Å²) in [6.07, 6.45) is 1.04. The van der Waals surface area contributed by atoms with Gasteiger partial charge in [-0.1, -0.05) is 30.3 Å². The molecular weight excluding hydrogens is 398 g/mol. The van der Waals surface area contributed by atoms with E-state index in [2.05, 4.69) is 10.3 Å². The van der Waals surface area contributed by atoms with Gasteiger partial charge in [-0.2, -0.15) is 0 Å². The number of anilines is 1. The first-order chi connectivity index (χ1) is 14.6. The second kappa shape index (κ2) is 9.09. The van der Waals surface area contributed by atoms with Crippen LogP contribution < -0.4 is 10.1 Å². The van der Waals surface area contributed by atoms with E-state index < -0.39 is 0 Å². The molecule has 3 aromatic rings. The van der Waals surface area contributed by atoms with E-state index in [9.17, 15) is 9.59 Å². The van der Waals surface area contributed by atoms with Crippen molar-refractivity contribution in [2.24, 2.45) is 5.92 Å². The molecular formula is C23H23N3O3S. The van der Waals surface area contributed by atoms with Crippen molar-refractivity contribution in [2.75, 3.05) is 25.5 Å². The number of benzene rings is 2. The number of carbonyl (C=O) groups excluding carboxylic acids is 2. The first kappa shape index (κ1) is 20.1. The van der Waals surface area contributed by atoms with Crippen LogP contribution in [-0.2, 0) is 16.0 Å². The number of hydrogen-bond acceptors (Lipinski definition) is 5. The zero-order valence-corrected chi connectivity index (χ0v) is 17.5. The van der Waals surface area contributed by atoms with Crippen molar-refractivity contribution in [3.05, 3.63) is 65.5 Å². The van der Waals surface area contributed by atoms with E-state index in [4.69, 9.17) is 4.74 Å². The second-order valence-electron chi connectivity index (χ2n) is 7.23. The third-order valence-corrected chi connectivity index (χ3v) is 5.98. The molecule has 7 heteroatoms. The van der Waals surface area contributed by atoms with Crippen LogP contribution in [0, 0.1) is 5.92 Å². The van der Waals surface area contributed by atoms with Gasteiger partial charge in [-0.05, 0) is 36.2 Å². The minimum atomic E-state index is -0.346. The molecule has 1 N–H and O–H groups in total. The topological polar surface area (TPSA) is 71.5 Å². The lowest BCUT2D eigenvalue weighted by Gasteiger charge is -2.16. The standard InChI is InChI=1S/C23H23N3O3S/c1-29-19-9-7-17(8-10-19)20-15-30-23(24-20)25-22(28)18-13-21(27)26(14-18)12-11-16-5-3-2-4-6-16/h2-10,15,18H,11-14H2,1H3,(H,24,25,28)/t18-/m1/s1. The van der Waals surface area contributed by atoms with Gasteiger partial charge in [0.25, 0.3) is 0 Å². The number of nitrogens with zero attached hydrogens (tertiary/aromatic N) is 2. The zero-order chi connectivity index (χ0) is 20.9. The molecule has 0 unspecified atom stereocenters. The van der Waals surface area contributed by atoms with Gasteiger partial charge < -0.3 is 15.0 Å². The minimum absolute atomic E-state index is 0.0316. The molecule has 0 radical (unpaired) electrons. The summed E-state index contributed by atoms with van der Waals surface area (Å²) >= 11 is 1.38. The van der Waals surface area contributed by atoms with Gasteiger partial charge in [-0.15, -0.1) is 11.3 Å². The Morgan fingerprint density at radius 1 is 1.20 bits per heavy atom. The molecule has 1 atom stereocenters. The predicted octanol–water partition coefficient (Wildman–Crippen LogP) is 3.85. The molecule has 1 aromatic heterocycles. The van der Waals surface area contributed by atoms with Gasteiger partial charge in [-0.3, -0.25) is 9.59 Å². The average Bonchev–Trinajstić information content (AvgIpc) is 3.39. The summed E-state index contributed by atoms with van der Waals surface area (Å²) < 4.78 is 5.17. The maximum absolute atomic E-state index is 12.7. The number of carbonyl (C=O) groups is 2. The van der Waals surface area contributed by atoms with E-state index in [0.29, 0.717) is 18.2 Å². The van der Waals surface area contributed by atoms with Crippen LogP contribution in [0.2, 0.25) is 0 Å². The Hall–Kier alpha value is -3.19. The van der Waals surface area contributed by atoms with E-state index in [1.165, 1.54) is 16.9 Å².